The van der Waals surface area contributed by atoms with Crippen LogP contribution in [-0.2, 0) is 36.8 Å². The molecule has 262 valence electrons. The van der Waals surface area contributed by atoms with E-state index in [1.807, 2.05) is 66.7 Å². The number of hydrogen-bond acceptors (Lipinski definition) is 7. The van der Waals surface area contributed by atoms with Crippen LogP contribution in [0.5, 0.6) is 0 Å². The molecule has 1 aliphatic rings. The number of carboxylic acids is 1. The Morgan fingerprint density at radius 3 is 2.12 bits per heavy atom. The van der Waals surface area contributed by atoms with Crippen LogP contribution in [0.2, 0.25) is 0 Å². The smallest absolute Gasteiger partial charge is 0.338 e. The summed E-state index contributed by atoms with van der Waals surface area (Å²) in [7, 11) is 0. The zero-order valence-corrected chi connectivity index (χ0v) is 28.4. The number of nitrogens with zero attached hydrogens (tertiary/aromatic N) is 1. The Labute approximate surface area is 293 Å². The van der Waals surface area contributed by atoms with Crippen molar-refractivity contribution in [2.45, 2.75) is 75.5 Å². The van der Waals surface area contributed by atoms with Crippen LogP contribution in [0.3, 0.4) is 0 Å². The Bertz CT molecular complexity index is 1540. The van der Waals surface area contributed by atoms with Gasteiger partial charge in [0.2, 0.25) is 17.7 Å². The van der Waals surface area contributed by atoms with Crippen LogP contribution in [0.1, 0.15) is 60.5 Å². The highest BCUT2D eigenvalue weighted by atomic mass is 35.5. The van der Waals surface area contributed by atoms with Crippen molar-refractivity contribution in [1.82, 2.24) is 15.5 Å². The first kappa shape index (κ1) is 38.7. The molecule has 0 spiro atoms. The first-order chi connectivity index (χ1) is 23.1. The largest absolute Gasteiger partial charge is 0.480 e. The summed E-state index contributed by atoms with van der Waals surface area (Å²) in [5.41, 5.74) is 6.78. The lowest BCUT2D eigenvalue weighted by atomic mass is 9.90. The Kier molecular flexibility index (Phi) is 14.8. The lowest BCUT2D eigenvalue weighted by molar-refractivity contribution is -0.149. The second-order valence-corrected chi connectivity index (χ2v) is 12.3. The van der Waals surface area contributed by atoms with Crippen molar-refractivity contribution in [3.8, 4) is 0 Å². The number of halogens is 1. The Hall–Kier alpha value is -4.74. The number of esters is 1. The molecule has 1 aliphatic heterocycles. The summed E-state index contributed by atoms with van der Waals surface area (Å²) < 4.78 is 5.31. The molecule has 1 fully saturated rings. The van der Waals surface area contributed by atoms with Crippen LogP contribution < -0.4 is 16.4 Å². The third-order valence-electron chi connectivity index (χ3n) is 8.50. The van der Waals surface area contributed by atoms with E-state index in [1.54, 1.807) is 31.2 Å². The number of likely N-dealkylation sites (tertiary alicyclic amines) is 1. The molecular weight excluding hydrogens is 648 g/mol. The highest BCUT2D eigenvalue weighted by Gasteiger charge is 2.41. The molecule has 3 amide bonds. The number of nitrogens with two attached hydrogens (primary N) is 1. The van der Waals surface area contributed by atoms with Gasteiger partial charge in [0.15, 0.2) is 0 Å². The topological polar surface area (TPSA) is 168 Å². The zero-order valence-electron chi connectivity index (χ0n) is 27.6. The van der Waals surface area contributed by atoms with Gasteiger partial charge in [0.1, 0.15) is 17.6 Å². The van der Waals surface area contributed by atoms with Gasteiger partial charge in [-0.1, -0.05) is 78.9 Å². The lowest BCUT2D eigenvalue weighted by Gasteiger charge is -2.34. The molecule has 1 unspecified atom stereocenters. The van der Waals surface area contributed by atoms with Gasteiger partial charge < -0.3 is 31.1 Å². The molecule has 4 rings (SSSR count). The summed E-state index contributed by atoms with van der Waals surface area (Å²) in [4.78, 5) is 66.7. The van der Waals surface area contributed by atoms with Gasteiger partial charge >= 0.3 is 11.9 Å². The first-order valence-corrected chi connectivity index (χ1v) is 16.3. The molecule has 3 aromatic carbocycles. The fraction of sp³-hybridized carbons (Fsp3) is 0.378. The third kappa shape index (κ3) is 11.2. The molecule has 0 aliphatic carbocycles. The lowest BCUT2D eigenvalue weighted by Crippen LogP contribution is -2.64. The van der Waals surface area contributed by atoms with Crippen LogP contribution >= 0.6 is 12.4 Å². The van der Waals surface area contributed by atoms with Gasteiger partial charge in [0.05, 0.1) is 18.2 Å². The van der Waals surface area contributed by atoms with E-state index in [-0.39, 0.29) is 38.4 Å². The summed E-state index contributed by atoms with van der Waals surface area (Å²) >= 11 is 0. The summed E-state index contributed by atoms with van der Waals surface area (Å²) in [6.45, 7) is 2.03. The minimum absolute atomic E-state index is 0. The van der Waals surface area contributed by atoms with Crippen LogP contribution in [0.15, 0.2) is 91.0 Å². The number of nitrogens with one attached hydrogen (secondary N) is 2. The number of carbonyl (C=O) groups excluding carboxylic acids is 4. The SMILES string of the molecule is C[C@](Cc1ccccc1)(NC(=O)[C@@H](N)CCCCOC(=O)c1ccccc1)C(=O)NC(Cc1ccccc1)C(=O)N1CCC[C@@H]1C(=O)O.Cl. The predicted octanol–water partition coefficient (Wildman–Crippen LogP) is 3.68. The van der Waals surface area contributed by atoms with E-state index in [2.05, 4.69) is 10.6 Å². The monoisotopic (exact) mass is 692 g/mol. The quantitative estimate of drug-likeness (QED) is 0.130. The number of benzene rings is 3. The van der Waals surface area contributed by atoms with Crippen molar-refractivity contribution in [3.63, 3.8) is 0 Å². The van der Waals surface area contributed by atoms with Gasteiger partial charge in [-0.3, -0.25) is 14.4 Å². The van der Waals surface area contributed by atoms with Crippen molar-refractivity contribution in [3.05, 3.63) is 108 Å². The molecule has 4 atom stereocenters. The van der Waals surface area contributed by atoms with Gasteiger partial charge in [-0.2, -0.15) is 0 Å². The summed E-state index contributed by atoms with van der Waals surface area (Å²) in [6, 6.07) is 24.0. The Balaban J connectivity index is 0.00000650. The molecule has 3 aromatic rings. The third-order valence-corrected chi connectivity index (χ3v) is 8.50. The van der Waals surface area contributed by atoms with Gasteiger partial charge in [0.25, 0.3) is 0 Å². The molecule has 0 radical (unpaired) electrons. The summed E-state index contributed by atoms with van der Waals surface area (Å²) in [5.74, 6) is -3.14. The van der Waals surface area contributed by atoms with E-state index in [9.17, 15) is 29.1 Å². The summed E-state index contributed by atoms with van der Waals surface area (Å²) in [6.07, 6.45) is 2.43. The number of hydrogen-bond donors (Lipinski definition) is 4. The molecule has 1 heterocycles. The molecule has 1 saturated heterocycles. The van der Waals surface area contributed by atoms with Crippen molar-refractivity contribution in [2.24, 2.45) is 5.73 Å². The molecule has 0 aromatic heterocycles. The first-order valence-electron chi connectivity index (χ1n) is 16.3. The van der Waals surface area contributed by atoms with E-state index in [0.29, 0.717) is 37.7 Å². The molecule has 0 bridgehead atoms. The van der Waals surface area contributed by atoms with Crippen molar-refractivity contribution >= 4 is 42.1 Å². The number of ether oxygens (including phenoxy) is 1. The van der Waals surface area contributed by atoms with Crippen LogP contribution in [0, 0.1) is 0 Å². The maximum absolute atomic E-state index is 14.1. The Morgan fingerprint density at radius 1 is 0.918 bits per heavy atom. The van der Waals surface area contributed by atoms with Gasteiger partial charge in [-0.05, 0) is 62.3 Å². The van der Waals surface area contributed by atoms with Gasteiger partial charge in [0, 0.05) is 19.4 Å². The maximum Gasteiger partial charge on any atom is 0.338 e. The van der Waals surface area contributed by atoms with Crippen molar-refractivity contribution in [2.75, 3.05) is 13.2 Å². The standard InChI is InChI=1S/C37H44N4O7.ClH/c1-37(25-27-16-7-3-8-17-27,40-32(42)29(38)20-11-12-23-48-35(46)28-18-9-4-10-19-28)36(47)39-30(24-26-14-5-2-6-15-26)33(43)41-22-13-21-31(41)34(44)45;/h2-10,14-19,29-31H,11-13,20-25,38H2,1H3,(H,39,47)(H,40,42)(H,44,45);1H/t29-,30?,31+,37+;/m0./s1. The van der Waals surface area contributed by atoms with E-state index in [0.717, 1.165) is 11.1 Å². The molecule has 5 N–H and O–H groups in total. The fourth-order valence-electron chi connectivity index (χ4n) is 5.82. The summed E-state index contributed by atoms with van der Waals surface area (Å²) in [5, 5.41) is 15.4. The van der Waals surface area contributed by atoms with Gasteiger partial charge in [-0.15, -0.1) is 12.4 Å². The number of unbranched alkanes of at least 4 members (excludes halogenated alkanes) is 1. The van der Waals surface area contributed by atoms with Crippen molar-refractivity contribution < 1.29 is 33.8 Å². The van der Waals surface area contributed by atoms with Gasteiger partial charge in [-0.25, -0.2) is 9.59 Å². The Morgan fingerprint density at radius 2 is 1.51 bits per heavy atom. The maximum atomic E-state index is 14.1. The zero-order chi connectivity index (χ0) is 34.5. The molecule has 11 nitrogen and oxygen atoms in total. The molecule has 49 heavy (non-hydrogen) atoms. The van der Waals surface area contributed by atoms with E-state index in [4.69, 9.17) is 10.5 Å². The average Bonchev–Trinajstić information content (AvgIpc) is 3.59. The van der Waals surface area contributed by atoms with E-state index >= 15 is 0 Å². The minimum atomic E-state index is -1.51. The number of amides is 3. The second kappa shape index (κ2) is 18.7. The van der Waals surface area contributed by atoms with Crippen LogP contribution in [-0.4, -0.2) is 76.5 Å². The number of aliphatic carboxylic acids is 1. The van der Waals surface area contributed by atoms with Crippen LogP contribution in [0.4, 0.5) is 0 Å². The second-order valence-electron chi connectivity index (χ2n) is 12.3. The molecule has 12 heteroatoms. The fourth-order valence-corrected chi connectivity index (χ4v) is 5.82. The van der Waals surface area contributed by atoms with Crippen LogP contribution in [0.25, 0.3) is 0 Å². The number of rotatable bonds is 16. The molecular formula is C37H45ClN4O7. The van der Waals surface area contributed by atoms with Crippen molar-refractivity contribution in [1.29, 1.82) is 0 Å². The number of carboxylic acid groups (broad SMARTS) is 1. The molecule has 0 saturated carbocycles. The highest BCUT2D eigenvalue weighted by Crippen LogP contribution is 2.21. The number of carbonyl (C=O) groups is 5. The highest BCUT2D eigenvalue weighted by molar-refractivity contribution is 5.96. The normalized spacial score (nSPS) is 16.3. The average molecular weight is 693 g/mol. The van der Waals surface area contributed by atoms with E-state index in [1.165, 1.54) is 4.90 Å². The predicted molar refractivity (Wildman–Crippen MR) is 187 cm³/mol. The van der Waals surface area contributed by atoms with E-state index < -0.39 is 53.3 Å². The minimum Gasteiger partial charge on any atom is -0.480 e.